The number of hydrogen-bond acceptors (Lipinski definition) is 0. The maximum atomic E-state index is 4.08. The quantitative estimate of drug-likeness (QED) is 0.213. The molecule has 0 heterocycles. The van der Waals surface area contributed by atoms with E-state index in [1.54, 1.807) is 0 Å². The van der Waals surface area contributed by atoms with Crippen molar-refractivity contribution in [2.24, 2.45) is 0 Å². The summed E-state index contributed by atoms with van der Waals surface area (Å²) in [6.45, 7) is 22.4. The first kappa shape index (κ1) is 29.5. The van der Waals surface area contributed by atoms with Crippen molar-refractivity contribution in [3.05, 3.63) is 156 Å². The topological polar surface area (TPSA) is 0 Å². The van der Waals surface area contributed by atoms with Crippen molar-refractivity contribution in [3.8, 4) is 0 Å². The standard InChI is InChI=1S/C12H17.2C7H7.C5H5.Zr/c1-7-8(2)10(4)12(6)11(5)9(7)3;2*1-7-5-3-2-4-6-7;1-2-4-5-3-1;/h1H2,2-6H3;2*2-6H,1H2;1-5H;/q4*-1;+4. The van der Waals surface area contributed by atoms with Crippen molar-refractivity contribution in [2.45, 2.75) is 34.6 Å². The second-order valence-electron chi connectivity index (χ2n) is 7.54. The monoisotopic (exact) mass is 498 g/mol. The molecule has 4 aromatic carbocycles. The van der Waals surface area contributed by atoms with Crippen LogP contribution in [0.3, 0.4) is 0 Å². The molecular weight excluding hydrogens is 464 g/mol. The first-order chi connectivity index (χ1) is 14.8. The molecule has 0 aliphatic rings. The Morgan fingerprint density at radius 3 is 1.00 bits per heavy atom. The molecule has 0 saturated heterocycles. The molecule has 1 heteroatoms. The smallest absolute Gasteiger partial charge is 0.214 e. The van der Waals surface area contributed by atoms with E-state index in [4.69, 9.17) is 0 Å². The molecule has 0 amide bonds. The van der Waals surface area contributed by atoms with Gasteiger partial charge in [0.25, 0.3) is 0 Å². The average Bonchev–Trinajstić information content (AvgIpc) is 3.37. The summed E-state index contributed by atoms with van der Waals surface area (Å²) in [5.41, 5.74) is 10.2. The van der Waals surface area contributed by atoms with Crippen LogP contribution in [0, 0.1) is 55.4 Å². The predicted octanol–water partition coefficient (Wildman–Crippen LogP) is 8.55. The molecule has 0 aliphatic carbocycles. The van der Waals surface area contributed by atoms with Gasteiger partial charge in [-0.2, -0.15) is 79.9 Å². The van der Waals surface area contributed by atoms with Gasteiger partial charge < -0.3 is 0 Å². The average molecular weight is 500 g/mol. The molecule has 4 rings (SSSR count). The van der Waals surface area contributed by atoms with Gasteiger partial charge in [-0.25, -0.2) is 12.1 Å². The molecule has 0 nitrogen and oxygen atoms in total. The Hall–Kier alpha value is -2.50. The van der Waals surface area contributed by atoms with Crippen LogP contribution in [-0.4, -0.2) is 0 Å². The van der Waals surface area contributed by atoms with E-state index in [1.807, 2.05) is 91.0 Å². The van der Waals surface area contributed by atoms with Crippen LogP contribution in [0.25, 0.3) is 0 Å². The van der Waals surface area contributed by atoms with Gasteiger partial charge >= 0.3 is 26.2 Å². The molecule has 0 unspecified atom stereocenters. The molecule has 0 N–H and O–H groups in total. The van der Waals surface area contributed by atoms with E-state index in [9.17, 15) is 0 Å². The molecule has 4 aromatic rings. The zero-order valence-corrected chi connectivity index (χ0v) is 22.7. The van der Waals surface area contributed by atoms with Crippen molar-refractivity contribution < 1.29 is 26.2 Å². The largest absolute Gasteiger partial charge is 4.00 e. The molecule has 0 spiro atoms. The minimum Gasteiger partial charge on any atom is -0.214 e. The summed E-state index contributed by atoms with van der Waals surface area (Å²) < 4.78 is 0. The van der Waals surface area contributed by atoms with Gasteiger partial charge in [0.15, 0.2) is 0 Å². The Labute approximate surface area is 216 Å². The van der Waals surface area contributed by atoms with Crippen LogP contribution in [0.2, 0.25) is 0 Å². The van der Waals surface area contributed by atoms with Crippen LogP contribution >= 0.6 is 0 Å². The van der Waals surface area contributed by atoms with Crippen LogP contribution in [0.15, 0.2) is 91.0 Å². The third-order valence-electron chi connectivity index (χ3n) is 5.40. The molecule has 0 aliphatic heterocycles. The van der Waals surface area contributed by atoms with Crippen molar-refractivity contribution in [2.75, 3.05) is 0 Å². The molecular formula is C31H36Zr. The fraction of sp³-hybridized carbons (Fsp3) is 0.161. The first-order valence-corrected chi connectivity index (χ1v) is 10.5. The fourth-order valence-electron chi connectivity index (χ4n) is 2.85. The van der Waals surface area contributed by atoms with Gasteiger partial charge in [-0.05, 0) is 6.92 Å². The summed E-state index contributed by atoms with van der Waals surface area (Å²) in [6, 6.07) is 29.7. The Balaban J connectivity index is 0.000000417. The molecule has 0 bridgehead atoms. The van der Waals surface area contributed by atoms with E-state index < -0.39 is 0 Å². The Bertz CT molecular complexity index is 822. The SMILES string of the molecule is [CH2-]c1c(C)c(C)c(C)c(C)c1C.[CH2-]c1ccccc1.[CH2-]c1ccccc1.[Zr+4].c1cc[cH-]c1. The van der Waals surface area contributed by atoms with Crippen LogP contribution in [0.1, 0.15) is 44.5 Å². The third kappa shape index (κ3) is 10.7. The summed E-state index contributed by atoms with van der Waals surface area (Å²) >= 11 is 0. The number of benzene rings is 3. The van der Waals surface area contributed by atoms with Gasteiger partial charge in [0, 0.05) is 0 Å². The van der Waals surface area contributed by atoms with Gasteiger partial charge in [0.2, 0.25) is 0 Å². The number of rotatable bonds is 0. The maximum absolute atomic E-state index is 4.08. The van der Waals surface area contributed by atoms with E-state index in [1.165, 1.54) is 33.4 Å². The van der Waals surface area contributed by atoms with Crippen molar-refractivity contribution >= 4 is 0 Å². The number of hydrogen-bond donors (Lipinski definition) is 0. The summed E-state index contributed by atoms with van der Waals surface area (Å²) in [5.74, 6) is 0. The Morgan fingerprint density at radius 1 is 0.469 bits per heavy atom. The summed E-state index contributed by atoms with van der Waals surface area (Å²) in [6.07, 6.45) is 0. The maximum Gasteiger partial charge on any atom is 4.00 e. The zero-order chi connectivity index (χ0) is 23.2. The Kier molecular flexibility index (Phi) is 14.9. The molecule has 0 saturated carbocycles. The first-order valence-electron chi connectivity index (χ1n) is 10.5. The van der Waals surface area contributed by atoms with Gasteiger partial charge in [-0.3, -0.25) is 0 Å². The van der Waals surface area contributed by atoms with Crippen molar-refractivity contribution in [1.29, 1.82) is 0 Å². The van der Waals surface area contributed by atoms with E-state index in [-0.39, 0.29) is 26.2 Å². The van der Waals surface area contributed by atoms with Crippen LogP contribution < -0.4 is 0 Å². The van der Waals surface area contributed by atoms with E-state index in [2.05, 4.69) is 55.4 Å². The second kappa shape index (κ2) is 16.2. The molecule has 0 aromatic heterocycles. The molecule has 0 atom stereocenters. The van der Waals surface area contributed by atoms with Crippen LogP contribution in [-0.2, 0) is 26.2 Å². The minimum atomic E-state index is 0. The Morgan fingerprint density at radius 2 is 0.781 bits per heavy atom. The van der Waals surface area contributed by atoms with Crippen molar-refractivity contribution in [3.63, 3.8) is 0 Å². The minimum absolute atomic E-state index is 0. The zero-order valence-electron chi connectivity index (χ0n) is 20.3. The third-order valence-corrected chi connectivity index (χ3v) is 5.40. The summed E-state index contributed by atoms with van der Waals surface area (Å²) in [5, 5.41) is 0. The van der Waals surface area contributed by atoms with E-state index in [0.29, 0.717) is 0 Å². The fourth-order valence-corrected chi connectivity index (χ4v) is 2.85. The molecule has 164 valence electrons. The van der Waals surface area contributed by atoms with Gasteiger partial charge in [-0.1, -0.05) is 45.4 Å². The van der Waals surface area contributed by atoms with Gasteiger partial charge in [0.1, 0.15) is 0 Å². The van der Waals surface area contributed by atoms with Crippen LogP contribution in [0.4, 0.5) is 0 Å². The molecule has 0 fully saturated rings. The van der Waals surface area contributed by atoms with Crippen molar-refractivity contribution in [1.82, 2.24) is 0 Å². The van der Waals surface area contributed by atoms with E-state index in [0.717, 1.165) is 11.1 Å². The molecule has 32 heavy (non-hydrogen) atoms. The second-order valence-corrected chi connectivity index (χ2v) is 7.54. The van der Waals surface area contributed by atoms with Crippen LogP contribution in [0.5, 0.6) is 0 Å². The summed E-state index contributed by atoms with van der Waals surface area (Å²) in [4.78, 5) is 0. The molecule has 0 radical (unpaired) electrons. The predicted molar refractivity (Wildman–Crippen MR) is 138 cm³/mol. The van der Waals surface area contributed by atoms with E-state index >= 15 is 0 Å². The summed E-state index contributed by atoms with van der Waals surface area (Å²) in [7, 11) is 0. The van der Waals surface area contributed by atoms with Gasteiger partial charge in [0.05, 0.1) is 0 Å². The normalized spacial score (nSPS) is 8.91. The van der Waals surface area contributed by atoms with Gasteiger partial charge in [-0.15, -0.1) is 46.5 Å².